The van der Waals surface area contributed by atoms with Gasteiger partial charge in [-0.15, -0.1) is 0 Å². The molecule has 0 amide bonds. The molecule has 7 heteroatoms. The van der Waals surface area contributed by atoms with Crippen molar-refractivity contribution in [2.45, 2.75) is 12.8 Å². The third-order valence-electron chi connectivity index (χ3n) is 3.42. The van der Waals surface area contributed by atoms with E-state index in [1.54, 1.807) is 0 Å². The third-order valence-corrected chi connectivity index (χ3v) is 5.59. The molecule has 1 aliphatic heterocycles. The molecule has 19 heavy (non-hydrogen) atoms. The molecule has 1 N–H and O–H groups in total. The Hall–Kier alpha value is -1.14. The molecule has 4 nitrogen and oxygen atoms in total. The van der Waals surface area contributed by atoms with Crippen LogP contribution in [0.2, 0.25) is 5.02 Å². The van der Waals surface area contributed by atoms with Gasteiger partial charge in [0, 0.05) is 10.6 Å². The number of halogens is 2. The molecule has 2 rings (SSSR count). The van der Waals surface area contributed by atoms with Crippen LogP contribution in [0.3, 0.4) is 0 Å². The minimum Gasteiger partial charge on any atom is -0.481 e. The van der Waals surface area contributed by atoms with Gasteiger partial charge in [-0.3, -0.25) is 4.79 Å². The van der Waals surface area contributed by atoms with Crippen molar-refractivity contribution >= 4 is 27.4 Å². The monoisotopic (exact) mass is 306 g/mol. The van der Waals surface area contributed by atoms with E-state index < -0.39 is 32.8 Å². The summed E-state index contributed by atoms with van der Waals surface area (Å²) in [6.45, 7) is 0. The van der Waals surface area contributed by atoms with Crippen LogP contribution in [-0.2, 0) is 21.1 Å². The molecule has 0 saturated carbocycles. The van der Waals surface area contributed by atoms with E-state index in [2.05, 4.69) is 0 Å². The number of carboxylic acids is 1. The summed E-state index contributed by atoms with van der Waals surface area (Å²) >= 11 is 5.86. The highest BCUT2D eigenvalue weighted by Gasteiger charge is 2.48. The summed E-state index contributed by atoms with van der Waals surface area (Å²) in [7, 11) is -3.39. The van der Waals surface area contributed by atoms with Crippen LogP contribution in [-0.4, -0.2) is 31.0 Å². The number of carbonyl (C=O) groups is 1. The largest absolute Gasteiger partial charge is 0.481 e. The molecule has 0 bridgehead atoms. The van der Waals surface area contributed by atoms with Crippen molar-refractivity contribution in [3.05, 3.63) is 34.6 Å². The van der Waals surface area contributed by atoms with Gasteiger partial charge in [-0.05, 0) is 25.0 Å². The summed E-state index contributed by atoms with van der Waals surface area (Å²) in [5, 5.41) is 9.42. The summed E-state index contributed by atoms with van der Waals surface area (Å²) in [6, 6.07) is 4.05. The molecular formula is C12H12ClFO4S. The summed E-state index contributed by atoms with van der Waals surface area (Å²) < 4.78 is 36.7. The van der Waals surface area contributed by atoms with Gasteiger partial charge in [0.05, 0.1) is 16.9 Å². The van der Waals surface area contributed by atoms with E-state index in [1.165, 1.54) is 18.2 Å². The van der Waals surface area contributed by atoms with E-state index in [4.69, 9.17) is 11.6 Å². The van der Waals surface area contributed by atoms with Crippen LogP contribution in [0, 0.1) is 11.2 Å². The zero-order valence-corrected chi connectivity index (χ0v) is 11.5. The molecule has 1 saturated heterocycles. The lowest BCUT2D eigenvalue weighted by atomic mass is 9.81. The van der Waals surface area contributed by atoms with Crippen molar-refractivity contribution < 1.29 is 22.7 Å². The van der Waals surface area contributed by atoms with Crippen LogP contribution < -0.4 is 0 Å². The van der Waals surface area contributed by atoms with Gasteiger partial charge >= 0.3 is 5.97 Å². The highest BCUT2D eigenvalue weighted by atomic mass is 35.5. The van der Waals surface area contributed by atoms with Crippen molar-refractivity contribution in [3.63, 3.8) is 0 Å². The Balaban J connectivity index is 2.41. The second-order valence-corrected chi connectivity index (χ2v) is 7.40. The Labute approximate surface area is 115 Å². The fraction of sp³-hybridized carbons (Fsp3) is 0.417. The van der Waals surface area contributed by atoms with Gasteiger partial charge in [-0.2, -0.15) is 0 Å². The molecule has 1 unspecified atom stereocenters. The van der Waals surface area contributed by atoms with Gasteiger partial charge in [0.15, 0.2) is 9.84 Å². The molecule has 104 valence electrons. The first-order valence-corrected chi connectivity index (χ1v) is 7.82. The van der Waals surface area contributed by atoms with Gasteiger partial charge in [0.1, 0.15) is 5.82 Å². The zero-order valence-electron chi connectivity index (χ0n) is 9.90. The Morgan fingerprint density at radius 2 is 2.16 bits per heavy atom. The molecule has 1 aromatic rings. The number of benzene rings is 1. The third kappa shape index (κ3) is 2.74. The molecule has 1 fully saturated rings. The van der Waals surface area contributed by atoms with Crippen LogP contribution in [0.5, 0.6) is 0 Å². The molecule has 1 heterocycles. The Morgan fingerprint density at radius 1 is 1.47 bits per heavy atom. The average Bonchev–Trinajstić information content (AvgIpc) is 2.61. The SMILES string of the molecule is O=C(O)C1(Cc2c(F)cccc2Cl)CCS(=O)(=O)C1. The minimum atomic E-state index is -3.39. The van der Waals surface area contributed by atoms with Crippen molar-refractivity contribution in [1.29, 1.82) is 0 Å². The predicted molar refractivity (Wildman–Crippen MR) is 68.5 cm³/mol. The van der Waals surface area contributed by atoms with Gasteiger partial charge in [-0.25, -0.2) is 12.8 Å². The van der Waals surface area contributed by atoms with Crippen molar-refractivity contribution in [3.8, 4) is 0 Å². The highest BCUT2D eigenvalue weighted by molar-refractivity contribution is 7.91. The zero-order chi connectivity index (χ0) is 14.3. The van der Waals surface area contributed by atoms with E-state index in [0.29, 0.717) is 0 Å². The summed E-state index contributed by atoms with van der Waals surface area (Å²) in [6.07, 6.45) is -0.234. The van der Waals surface area contributed by atoms with Crippen molar-refractivity contribution in [2.24, 2.45) is 5.41 Å². The Morgan fingerprint density at radius 3 is 2.63 bits per heavy atom. The van der Waals surface area contributed by atoms with Gasteiger partial charge in [0.25, 0.3) is 0 Å². The molecule has 0 aliphatic carbocycles. The van der Waals surface area contributed by atoms with Crippen LogP contribution in [0.1, 0.15) is 12.0 Å². The van der Waals surface area contributed by atoms with Gasteiger partial charge in [-0.1, -0.05) is 17.7 Å². The van der Waals surface area contributed by atoms with E-state index in [1.807, 2.05) is 0 Å². The van der Waals surface area contributed by atoms with E-state index in [0.717, 1.165) is 0 Å². The fourth-order valence-corrected chi connectivity index (χ4v) is 4.63. The fourth-order valence-electron chi connectivity index (χ4n) is 2.34. The van der Waals surface area contributed by atoms with Crippen LogP contribution >= 0.6 is 11.6 Å². The molecule has 1 aliphatic rings. The number of hydrogen-bond donors (Lipinski definition) is 1. The summed E-state index contributed by atoms with van der Waals surface area (Å²) in [4.78, 5) is 11.4. The molecule has 0 aromatic heterocycles. The number of rotatable bonds is 3. The lowest BCUT2D eigenvalue weighted by Gasteiger charge is -2.23. The maximum absolute atomic E-state index is 13.7. The quantitative estimate of drug-likeness (QED) is 0.926. The normalized spacial score (nSPS) is 25.4. The van der Waals surface area contributed by atoms with Crippen LogP contribution in [0.4, 0.5) is 4.39 Å². The first-order chi connectivity index (χ1) is 8.76. The smallest absolute Gasteiger partial charge is 0.311 e. The second-order valence-electron chi connectivity index (χ2n) is 4.80. The lowest BCUT2D eigenvalue weighted by Crippen LogP contribution is -2.35. The van der Waals surface area contributed by atoms with E-state index in [9.17, 15) is 22.7 Å². The predicted octanol–water partition coefficient (Wildman–Crippen LogP) is 1.91. The maximum Gasteiger partial charge on any atom is 0.311 e. The molecule has 0 spiro atoms. The second kappa shape index (κ2) is 4.76. The van der Waals surface area contributed by atoms with Crippen molar-refractivity contribution in [1.82, 2.24) is 0 Å². The molecule has 1 atom stereocenters. The Kier molecular flexibility index (Phi) is 3.57. The van der Waals surface area contributed by atoms with E-state index in [-0.39, 0.29) is 29.2 Å². The lowest BCUT2D eigenvalue weighted by molar-refractivity contribution is -0.147. The van der Waals surface area contributed by atoms with Gasteiger partial charge < -0.3 is 5.11 Å². The first kappa shape index (κ1) is 14.3. The first-order valence-electron chi connectivity index (χ1n) is 5.62. The topological polar surface area (TPSA) is 71.4 Å². The average molecular weight is 307 g/mol. The Bertz CT molecular complexity index is 608. The number of aliphatic carboxylic acids is 1. The number of carboxylic acid groups (broad SMARTS) is 1. The molecule has 0 radical (unpaired) electrons. The number of hydrogen-bond acceptors (Lipinski definition) is 3. The molecule has 1 aromatic carbocycles. The highest BCUT2D eigenvalue weighted by Crippen LogP contribution is 2.38. The van der Waals surface area contributed by atoms with Crippen LogP contribution in [0.15, 0.2) is 18.2 Å². The van der Waals surface area contributed by atoms with Crippen LogP contribution in [0.25, 0.3) is 0 Å². The minimum absolute atomic E-state index is 0.0185. The maximum atomic E-state index is 13.7. The summed E-state index contributed by atoms with van der Waals surface area (Å²) in [5.74, 6) is -2.50. The van der Waals surface area contributed by atoms with E-state index >= 15 is 0 Å². The summed E-state index contributed by atoms with van der Waals surface area (Å²) in [5.41, 5.74) is -1.42. The molecular weight excluding hydrogens is 295 g/mol. The standard InChI is InChI=1S/C12H12ClFO4S/c13-9-2-1-3-10(14)8(9)6-12(11(15)16)4-5-19(17,18)7-12/h1-3H,4-7H2,(H,15,16). The number of sulfone groups is 1. The van der Waals surface area contributed by atoms with Crippen molar-refractivity contribution in [2.75, 3.05) is 11.5 Å². The van der Waals surface area contributed by atoms with Gasteiger partial charge in [0.2, 0.25) is 0 Å².